The molecular weight excluding hydrogens is 210 g/mol. The number of carbonyl (C=O) groups is 2. The number of hydrogen-bond donors (Lipinski definition) is 0. The number of ketones is 2. The minimum absolute atomic E-state index is 0.186. The largest absolute Gasteiger partial charge is 0.544 e. The van der Waals surface area contributed by atoms with Gasteiger partial charge >= 0.3 is 0 Å². The van der Waals surface area contributed by atoms with Gasteiger partial charge in [0.05, 0.1) is 11.5 Å². The van der Waals surface area contributed by atoms with Crippen molar-refractivity contribution in [1.82, 2.24) is 5.16 Å². The van der Waals surface area contributed by atoms with E-state index >= 15 is 0 Å². The third kappa shape index (κ3) is 0.916. The molecule has 3 rings (SSSR count). The van der Waals surface area contributed by atoms with Crippen LogP contribution in [0.4, 0.5) is 0 Å². The zero-order valence-electron chi connectivity index (χ0n) is 7.89. The second-order valence-corrected chi connectivity index (χ2v) is 3.40. The summed E-state index contributed by atoms with van der Waals surface area (Å²) in [6.45, 7) is 0. The Morgan fingerprint density at radius 2 is 1.69 bits per heavy atom. The molecule has 1 aromatic carbocycles. The zero-order chi connectivity index (χ0) is 11.3. The number of rotatable bonds is 0. The molecule has 1 aliphatic carbocycles. The van der Waals surface area contributed by atoms with Crippen molar-refractivity contribution in [3.05, 3.63) is 46.6 Å². The fourth-order valence-electron chi connectivity index (χ4n) is 1.77. The van der Waals surface area contributed by atoms with Crippen molar-refractivity contribution in [1.29, 1.82) is 0 Å². The average Bonchev–Trinajstić information content (AvgIpc) is 2.69. The summed E-state index contributed by atoms with van der Waals surface area (Å²) in [6.07, 6.45) is 0. The van der Waals surface area contributed by atoms with E-state index < -0.39 is 17.5 Å². The monoisotopic (exact) mass is 214 g/mol. The van der Waals surface area contributed by atoms with Crippen LogP contribution in [-0.2, 0) is 0 Å². The lowest BCUT2D eigenvalue weighted by Gasteiger charge is -2.13. The van der Waals surface area contributed by atoms with Gasteiger partial charge in [-0.05, 0) is 0 Å². The summed E-state index contributed by atoms with van der Waals surface area (Å²) in [5.41, 5.74) is 0.0333. The zero-order valence-corrected chi connectivity index (χ0v) is 7.89. The molecule has 0 saturated heterocycles. The van der Waals surface area contributed by atoms with Crippen LogP contribution in [0.15, 0.2) is 28.8 Å². The van der Waals surface area contributed by atoms with Crippen LogP contribution in [0.3, 0.4) is 0 Å². The molecule has 16 heavy (non-hydrogen) atoms. The van der Waals surface area contributed by atoms with Gasteiger partial charge in [0.15, 0.2) is 5.78 Å². The first-order valence-corrected chi connectivity index (χ1v) is 4.55. The Morgan fingerprint density at radius 3 is 2.38 bits per heavy atom. The normalized spacial score (nSPS) is 13.5. The highest BCUT2D eigenvalue weighted by Crippen LogP contribution is 2.30. The quantitative estimate of drug-likeness (QED) is 0.544. The van der Waals surface area contributed by atoms with Gasteiger partial charge < -0.3 is 9.63 Å². The smallest absolute Gasteiger partial charge is 0.214 e. The predicted octanol–water partition coefficient (Wildman–Crippen LogP) is 0.524. The lowest BCUT2D eigenvalue weighted by Crippen LogP contribution is -2.20. The molecule has 0 spiro atoms. The molecule has 78 valence electrons. The van der Waals surface area contributed by atoms with Crippen molar-refractivity contribution in [2.75, 3.05) is 0 Å². The fourth-order valence-corrected chi connectivity index (χ4v) is 1.77. The number of carbonyl (C=O) groups excluding carboxylic acids is 2. The molecule has 0 saturated carbocycles. The molecule has 0 bridgehead atoms. The van der Waals surface area contributed by atoms with E-state index in [0.29, 0.717) is 0 Å². The summed E-state index contributed by atoms with van der Waals surface area (Å²) in [5, 5.41) is 14.6. The first-order valence-electron chi connectivity index (χ1n) is 4.55. The van der Waals surface area contributed by atoms with E-state index in [9.17, 15) is 14.7 Å². The van der Waals surface area contributed by atoms with Gasteiger partial charge in [0.2, 0.25) is 5.78 Å². The van der Waals surface area contributed by atoms with Crippen molar-refractivity contribution in [2.24, 2.45) is 0 Å². The van der Waals surface area contributed by atoms with Gasteiger partial charge in [0, 0.05) is 11.1 Å². The van der Waals surface area contributed by atoms with Crippen molar-refractivity contribution in [2.45, 2.75) is 0 Å². The highest BCUT2D eigenvalue weighted by molar-refractivity contribution is 6.28. The van der Waals surface area contributed by atoms with Crippen LogP contribution in [0.2, 0.25) is 0 Å². The van der Waals surface area contributed by atoms with Crippen molar-refractivity contribution in [3.8, 4) is 5.95 Å². The molecule has 5 nitrogen and oxygen atoms in total. The molecule has 0 fully saturated rings. The van der Waals surface area contributed by atoms with E-state index in [1.54, 1.807) is 12.1 Å². The number of nitrogens with zero attached hydrogens (tertiary/aromatic N) is 1. The average molecular weight is 214 g/mol. The molecule has 5 heteroatoms. The van der Waals surface area contributed by atoms with Crippen LogP contribution < -0.4 is 5.11 Å². The summed E-state index contributed by atoms with van der Waals surface area (Å²) in [7, 11) is 0. The Morgan fingerprint density at radius 1 is 1.06 bits per heavy atom. The molecule has 2 aromatic rings. The van der Waals surface area contributed by atoms with E-state index in [-0.39, 0.29) is 22.4 Å². The number of fused-ring (bicyclic) bond motifs is 2. The van der Waals surface area contributed by atoms with Crippen molar-refractivity contribution in [3.63, 3.8) is 0 Å². The Hall–Kier alpha value is -2.43. The lowest BCUT2D eigenvalue weighted by molar-refractivity contribution is -0.297. The third-order valence-electron chi connectivity index (χ3n) is 2.52. The first kappa shape index (κ1) is 8.84. The Balaban J connectivity index is 2.36. The van der Waals surface area contributed by atoms with Gasteiger partial charge in [-0.3, -0.25) is 9.59 Å². The van der Waals surface area contributed by atoms with Crippen LogP contribution in [0.1, 0.15) is 32.0 Å². The minimum atomic E-state index is -0.858. The molecule has 1 aromatic heterocycles. The lowest BCUT2D eigenvalue weighted by atomic mass is 9.88. The first-order chi connectivity index (χ1) is 7.70. The van der Waals surface area contributed by atoms with E-state index in [4.69, 9.17) is 0 Å². The maximum absolute atomic E-state index is 11.9. The number of hydrogen-bond acceptors (Lipinski definition) is 5. The van der Waals surface area contributed by atoms with E-state index in [2.05, 4.69) is 9.68 Å². The number of benzene rings is 1. The molecule has 0 amide bonds. The van der Waals surface area contributed by atoms with E-state index in [1.807, 2.05) is 0 Å². The topological polar surface area (TPSA) is 83.2 Å². The minimum Gasteiger partial charge on any atom is -0.544 e. The molecular formula is C11H4NO4-. The molecule has 0 aliphatic heterocycles. The highest BCUT2D eigenvalue weighted by Gasteiger charge is 2.32. The molecule has 0 N–H and O–H groups in total. The molecule has 0 radical (unpaired) electrons. The Labute approximate surface area is 89.3 Å². The van der Waals surface area contributed by atoms with Crippen molar-refractivity contribution >= 4 is 11.6 Å². The molecule has 1 aliphatic rings. The van der Waals surface area contributed by atoms with Gasteiger partial charge in [-0.15, -0.1) is 0 Å². The van der Waals surface area contributed by atoms with E-state index in [1.165, 1.54) is 12.1 Å². The SMILES string of the molecule is O=C1c2ccccc2C(=O)c2c1noc2[O-]. The van der Waals surface area contributed by atoms with Crippen LogP contribution in [0.5, 0.6) is 5.95 Å². The van der Waals surface area contributed by atoms with Crippen LogP contribution in [0, 0.1) is 0 Å². The van der Waals surface area contributed by atoms with Gasteiger partial charge in [-0.25, -0.2) is 0 Å². The molecule has 0 unspecified atom stereocenters. The third-order valence-corrected chi connectivity index (χ3v) is 2.52. The highest BCUT2D eigenvalue weighted by atomic mass is 16.5. The van der Waals surface area contributed by atoms with Crippen molar-refractivity contribution < 1.29 is 19.2 Å². The Kier molecular flexibility index (Phi) is 1.54. The maximum atomic E-state index is 11.9. The van der Waals surface area contributed by atoms with Gasteiger partial charge in [-0.1, -0.05) is 24.3 Å². The summed E-state index contributed by atoms with van der Waals surface area (Å²) < 4.78 is 4.34. The fraction of sp³-hybridized carbons (Fsp3) is 0. The predicted molar refractivity (Wildman–Crippen MR) is 49.3 cm³/mol. The second-order valence-electron chi connectivity index (χ2n) is 3.40. The van der Waals surface area contributed by atoms with Gasteiger partial charge in [0.1, 0.15) is 5.69 Å². The second kappa shape index (κ2) is 2.79. The van der Waals surface area contributed by atoms with Gasteiger partial charge in [-0.2, -0.15) is 5.16 Å². The standard InChI is InChI=1S/C11H5NO4/c13-9-5-3-1-2-4-6(5)10(14)8-7(9)11(15)16-12-8/h1-4,15H/p-1. The van der Waals surface area contributed by atoms with Crippen LogP contribution >= 0.6 is 0 Å². The summed E-state index contributed by atoms with van der Waals surface area (Å²) >= 11 is 0. The van der Waals surface area contributed by atoms with Gasteiger partial charge in [0.25, 0.3) is 0 Å². The van der Waals surface area contributed by atoms with E-state index in [0.717, 1.165) is 0 Å². The summed E-state index contributed by atoms with van der Waals surface area (Å²) in [6, 6.07) is 6.31. The van der Waals surface area contributed by atoms with Crippen LogP contribution in [-0.4, -0.2) is 16.7 Å². The molecule has 0 atom stereocenters. The summed E-state index contributed by atoms with van der Waals surface area (Å²) in [4.78, 5) is 23.7. The summed E-state index contributed by atoms with van der Waals surface area (Å²) in [5.74, 6) is -1.81. The molecule has 1 heterocycles. The number of aromatic nitrogens is 1. The maximum Gasteiger partial charge on any atom is 0.214 e. The van der Waals surface area contributed by atoms with Crippen LogP contribution in [0.25, 0.3) is 0 Å². The Bertz CT molecular complexity index is 627.